The molecule has 0 radical (unpaired) electrons. The minimum atomic E-state index is 0.504. The third-order valence-electron chi connectivity index (χ3n) is 9.64. The van der Waals surface area contributed by atoms with Gasteiger partial charge in [-0.2, -0.15) is 15.8 Å². The molecule has 0 aliphatic heterocycles. The molecule has 0 bridgehead atoms. The number of hydrogen-bond donors (Lipinski definition) is 0. The van der Waals surface area contributed by atoms with E-state index >= 15 is 0 Å². The van der Waals surface area contributed by atoms with Gasteiger partial charge in [-0.05, 0) is 77.4 Å². The third-order valence-corrected chi connectivity index (χ3v) is 9.64. The van der Waals surface area contributed by atoms with Gasteiger partial charge in [0.25, 0.3) is 0 Å². The van der Waals surface area contributed by atoms with E-state index in [1.165, 1.54) is 10.8 Å². The average Bonchev–Trinajstić information content (AvgIpc) is 3.69. The summed E-state index contributed by atoms with van der Waals surface area (Å²) in [4.78, 5) is 0. The zero-order chi connectivity index (χ0) is 33.8. The van der Waals surface area contributed by atoms with Crippen molar-refractivity contribution in [2.75, 3.05) is 0 Å². The van der Waals surface area contributed by atoms with E-state index < -0.39 is 0 Å². The highest BCUT2D eigenvalue weighted by molar-refractivity contribution is 6.11. The van der Waals surface area contributed by atoms with E-state index in [-0.39, 0.29) is 0 Å². The highest BCUT2D eigenvalue weighted by Gasteiger charge is 2.21. The minimum absolute atomic E-state index is 0.504. The van der Waals surface area contributed by atoms with Crippen molar-refractivity contribution < 1.29 is 0 Å². The lowest BCUT2D eigenvalue weighted by molar-refractivity contribution is 1.17. The molecule has 7 aromatic carbocycles. The first-order valence-electron chi connectivity index (χ1n) is 16.3. The zero-order valence-corrected chi connectivity index (χ0v) is 26.7. The molecule has 5 nitrogen and oxygen atoms in total. The van der Waals surface area contributed by atoms with Gasteiger partial charge in [0.1, 0.15) is 6.07 Å². The quantitative estimate of drug-likeness (QED) is 0.193. The fourth-order valence-corrected chi connectivity index (χ4v) is 7.45. The summed E-state index contributed by atoms with van der Waals surface area (Å²) in [5, 5.41) is 34.3. The first-order chi connectivity index (χ1) is 24.7. The van der Waals surface area contributed by atoms with Crippen LogP contribution in [0, 0.1) is 34.0 Å². The van der Waals surface area contributed by atoms with Crippen molar-refractivity contribution in [1.29, 1.82) is 15.8 Å². The van der Waals surface area contributed by atoms with Crippen LogP contribution in [0.5, 0.6) is 0 Å². The first-order valence-corrected chi connectivity index (χ1v) is 16.3. The molecule has 0 unspecified atom stereocenters. The van der Waals surface area contributed by atoms with Crippen LogP contribution >= 0.6 is 0 Å². The molecular formula is C45H25N5. The molecule has 9 aromatic rings. The van der Waals surface area contributed by atoms with E-state index in [9.17, 15) is 15.8 Å². The maximum atomic E-state index is 10.5. The Morgan fingerprint density at radius 3 is 1.66 bits per heavy atom. The molecule has 0 atom stereocenters. The Bertz CT molecular complexity index is 2900. The summed E-state index contributed by atoms with van der Waals surface area (Å²) >= 11 is 0. The molecule has 5 heteroatoms. The van der Waals surface area contributed by atoms with Gasteiger partial charge in [-0.15, -0.1) is 0 Å². The second-order valence-corrected chi connectivity index (χ2v) is 12.3. The standard InChI is InChI=1S/C45H25N5/c46-26-29-17-23-43-40(24-29)38-22-16-30(27-47)25-44(38)50(43)45-32(28-48)8-7-13-39(45)35-10-2-1-9-34(35)31-18-20-33(21-19-31)49-41-14-5-3-11-36(41)37-12-4-6-15-42(37)49/h1-25H. The van der Waals surface area contributed by atoms with Crippen LogP contribution in [-0.2, 0) is 0 Å². The molecule has 0 aliphatic carbocycles. The molecule has 0 N–H and O–H groups in total. The molecule has 0 aliphatic rings. The molecule has 0 saturated heterocycles. The van der Waals surface area contributed by atoms with Gasteiger partial charge in [-0.25, -0.2) is 0 Å². The summed E-state index contributed by atoms with van der Waals surface area (Å²) in [6.07, 6.45) is 0. The minimum Gasteiger partial charge on any atom is -0.309 e. The number of nitriles is 3. The second kappa shape index (κ2) is 11.4. The van der Waals surface area contributed by atoms with E-state index in [0.717, 1.165) is 66.5 Å². The summed E-state index contributed by atoms with van der Waals surface area (Å²) < 4.78 is 4.38. The van der Waals surface area contributed by atoms with E-state index in [1.807, 2.05) is 48.5 Å². The van der Waals surface area contributed by atoms with Crippen molar-refractivity contribution in [3.05, 3.63) is 168 Å². The molecule has 0 saturated carbocycles. The highest BCUT2D eigenvalue weighted by atomic mass is 15.0. The molecule has 50 heavy (non-hydrogen) atoms. The zero-order valence-electron chi connectivity index (χ0n) is 26.7. The van der Waals surface area contributed by atoms with Crippen molar-refractivity contribution >= 4 is 43.6 Å². The maximum absolute atomic E-state index is 10.5. The summed E-state index contributed by atoms with van der Waals surface area (Å²) in [5.41, 5.74) is 11.3. The maximum Gasteiger partial charge on any atom is 0.101 e. The molecule has 230 valence electrons. The predicted molar refractivity (Wildman–Crippen MR) is 200 cm³/mol. The van der Waals surface area contributed by atoms with Crippen molar-refractivity contribution in [2.24, 2.45) is 0 Å². The number of para-hydroxylation sites is 3. The van der Waals surface area contributed by atoms with Gasteiger partial charge >= 0.3 is 0 Å². The van der Waals surface area contributed by atoms with Crippen molar-refractivity contribution in [3.8, 4) is 51.8 Å². The SMILES string of the molecule is N#Cc1ccc2c(c1)c1ccc(C#N)cc1n2-c1c(C#N)cccc1-c1ccccc1-c1ccc(-n2c3ccccc3c3ccccc32)cc1. The van der Waals surface area contributed by atoms with Gasteiger partial charge in [-0.1, -0.05) is 91.0 Å². The molecule has 0 fully saturated rings. The fraction of sp³-hybridized carbons (Fsp3) is 0. The number of aromatic nitrogens is 2. The Balaban J connectivity index is 1.26. The van der Waals surface area contributed by atoms with Gasteiger partial charge < -0.3 is 9.13 Å². The number of fused-ring (bicyclic) bond motifs is 6. The van der Waals surface area contributed by atoms with Crippen LogP contribution in [-0.4, -0.2) is 9.13 Å². The molecular weight excluding hydrogens is 611 g/mol. The Kier molecular flexibility index (Phi) is 6.56. The lowest BCUT2D eigenvalue weighted by Gasteiger charge is -2.18. The van der Waals surface area contributed by atoms with Crippen molar-refractivity contribution in [2.45, 2.75) is 0 Å². The molecule has 0 spiro atoms. The third kappa shape index (κ3) is 4.31. The summed E-state index contributed by atoms with van der Waals surface area (Å²) in [6, 6.07) is 57.9. The average molecular weight is 636 g/mol. The molecule has 9 rings (SSSR count). The summed E-state index contributed by atoms with van der Waals surface area (Å²) in [5.74, 6) is 0. The lowest BCUT2D eigenvalue weighted by atomic mass is 9.92. The normalized spacial score (nSPS) is 11.1. The van der Waals surface area contributed by atoms with Gasteiger partial charge in [0.2, 0.25) is 0 Å². The van der Waals surface area contributed by atoms with Gasteiger partial charge in [0.05, 0.1) is 56.6 Å². The van der Waals surface area contributed by atoms with Crippen LogP contribution < -0.4 is 0 Å². The Labute approximate surface area is 287 Å². The number of rotatable bonds is 4. The fourth-order valence-electron chi connectivity index (χ4n) is 7.45. The Morgan fingerprint density at radius 1 is 0.380 bits per heavy atom. The molecule has 2 aromatic heterocycles. The van der Waals surface area contributed by atoms with Gasteiger partial charge in [-0.3, -0.25) is 0 Å². The topological polar surface area (TPSA) is 81.2 Å². The largest absolute Gasteiger partial charge is 0.309 e. The van der Waals surface area contributed by atoms with Crippen LogP contribution in [0.3, 0.4) is 0 Å². The van der Waals surface area contributed by atoms with E-state index in [1.54, 1.807) is 12.1 Å². The Hall–Kier alpha value is -7.39. The smallest absolute Gasteiger partial charge is 0.101 e. The number of nitrogens with zero attached hydrogens (tertiary/aromatic N) is 5. The predicted octanol–water partition coefficient (Wildman–Crippen LogP) is 10.8. The van der Waals surface area contributed by atoms with E-state index in [4.69, 9.17) is 0 Å². The van der Waals surface area contributed by atoms with Crippen LogP contribution in [0.1, 0.15) is 16.7 Å². The van der Waals surface area contributed by atoms with Crippen LogP contribution in [0.4, 0.5) is 0 Å². The van der Waals surface area contributed by atoms with Gasteiger partial charge in [0, 0.05) is 32.8 Å². The summed E-state index contributed by atoms with van der Waals surface area (Å²) in [6.45, 7) is 0. The van der Waals surface area contributed by atoms with Gasteiger partial charge in [0.15, 0.2) is 0 Å². The molecule has 0 amide bonds. The van der Waals surface area contributed by atoms with Crippen molar-refractivity contribution in [3.63, 3.8) is 0 Å². The first kappa shape index (κ1) is 28.8. The molecule has 2 heterocycles. The monoisotopic (exact) mass is 635 g/mol. The second-order valence-electron chi connectivity index (χ2n) is 12.3. The summed E-state index contributed by atoms with van der Waals surface area (Å²) in [7, 11) is 0. The number of benzene rings is 7. The van der Waals surface area contributed by atoms with E-state index in [0.29, 0.717) is 16.7 Å². The van der Waals surface area contributed by atoms with E-state index in [2.05, 4.69) is 118 Å². The lowest BCUT2D eigenvalue weighted by Crippen LogP contribution is -2.02. The van der Waals surface area contributed by atoms with Crippen LogP contribution in [0.2, 0.25) is 0 Å². The highest BCUT2D eigenvalue weighted by Crippen LogP contribution is 2.42. The van der Waals surface area contributed by atoms with Crippen LogP contribution in [0.15, 0.2) is 152 Å². The van der Waals surface area contributed by atoms with Crippen molar-refractivity contribution in [1.82, 2.24) is 9.13 Å². The van der Waals surface area contributed by atoms with Crippen LogP contribution in [0.25, 0.3) is 77.2 Å². The Morgan fingerprint density at radius 2 is 0.960 bits per heavy atom. The number of hydrogen-bond acceptors (Lipinski definition) is 3.